The van der Waals surface area contributed by atoms with E-state index in [1.807, 2.05) is 13.8 Å². The summed E-state index contributed by atoms with van der Waals surface area (Å²) in [5, 5.41) is 14.2. The van der Waals surface area contributed by atoms with Crippen LogP contribution in [0, 0.1) is 11.7 Å². The predicted molar refractivity (Wildman–Crippen MR) is 109 cm³/mol. The van der Waals surface area contributed by atoms with Gasteiger partial charge in [0.05, 0.1) is 6.42 Å². The third kappa shape index (κ3) is 7.90. The van der Waals surface area contributed by atoms with Gasteiger partial charge >= 0.3 is 12.1 Å². The average Bonchev–Trinajstić information content (AvgIpc) is 2.68. The Balaban J connectivity index is 1.81. The Hall–Kier alpha value is -3.42. The first-order valence-electron chi connectivity index (χ1n) is 9.52. The molecule has 0 heterocycles. The zero-order chi connectivity index (χ0) is 22.1. The molecule has 7 nitrogen and oxygen atoms in total. The lowest BCUT2D eigenvalue weighted by Crippen LogP contribution is -2.41. The fourth-order valence-electron chi connectivity index (χ4n) is 2.70. The van der Waals surface area contributed by atoms with Crippen molar-refractivity contribution in [1.29, 1.82) is 0 Å². The van der Waals surface area contributed by atoms with Gasteiger partial charge in [0.15, 0.2) is 0 Å². The first-order chi connectivity index (χ1) is 14.2. The Morgan fingerprint density at radius 1 is 1.00 bits per heavy atom. The maximum absolute atomic E-state index is 12.9. The van der Waals surface area contributed by atoms with E-state index < -0.39 is 18.1 Å². The third-order valence-electron chi connectivity index (χ3n) is 4.18. The van der Waals surface area contributed by atoms with Gasteiger partial charge in [0.2, 0.25) is 5.91 Å². The number of anilines is 1. The highest BCUT2D eigenvalue weighted by molar-refractivity contribution is 5.92. The number of carbonyl (C=O) groups excluding carboxylic acids is 2. The summed E-state index contributed by atoms with van der Waals surface area (Å²) in [7, 11) is 0. The second kappa shape index (κ2) is 10.9. The molecular formula is C22H25FN2O5. The number of nitrogens with one attached hydrogen (secondary N) is 2. The molecular weight excluding hydrogens is 391 g/mol. The highest BCUT2D eigenvalue weighted by Crippen LogP contribution is 2.12. The maximum Gasteiger partial charge on any atom is 0.408 e. The fourth-order valence-corrected chi connectivity index (χ4v) is 2.70. The van der Waals surface area contributed by atoms with Crippen molar-refractivity contribution in [2.24, 2.45) is 5.92 Å². The molecule has 2 aromatic carbocycles. The fraction of sp³-hybridized carbons (Fsp3) is 0.318. The van der Waals surface area contributed by atoms with Crippen LogP contribution in [0.3, 0.4) is 0 Å². The Morgan fingerprint density at radius 2 is 1.60 bits per heavy atom. The van der Waals surface area contributed by atoms with Crippen LogP contribution in [0.5, 0.6) is 0 Å². The van der Waals surface area contributed by atoms with E-state index in [1.54, 1.807) is 36.4 Å². The second-order valence-electron chi connectivity index (χ2n) is 7.29. The van der Waals surface area contributed by atoms with Gasteiger partial charge in [-0.3, -0.25) is 4.79 Å². The largest absolute Gasteiger partial charge is 0.480 e. The number of ether oxygens (including phenoxy) is 1. The number of carboxylic acids is 1. The third-order valence-corrected chi connectivity index (χ3v) is 4.18. The van der Waals surface area contributed by atoms with E-state index in [9.17, 15) is 18.8 Å². The molecule has 0 radical (unpaired) electrons. The normalized spacial score (nSPS) is 11.6. The van der Waals surface area contributed by atoms with Crippen LogP contribution in [0.15, 0.2) is 48.5 Å². The van der Waals surface area contributed by atoms with Crippen molar-refractivity contribution < 1.29 is 28.6 Å². The van der Waals surface area contributed by atoms with Gasteiger partial charge < -0.3 is 20.5 Å². The Bertz CT molecular complexity index is 866. The van der Waals surface area contributed by atoms with Crippen LogP contribution in [-0.4, -0.2) is 29.1 Å². The summed E-state index contributed by atoms with van der Waals surface area (Å²) in [5.41, 5.74) is 1.94. The molecule has 0 fully saturated rings. The van der Waals surface area contributed by atoms with E-state index in [-0.39, 0.29) is 30.7 Å². The lowest BCUT2D eigenvalue weighted by atomic mass is 10.0. The molecule has 2 rings (SSSR count). The Labute approximate surface area is 174 Å². The first-order valence-corrected chi connectivity index (χ1v) is 9.52. The summed E-state index contributed by atoms with van der Waals surface area (Å²) in [4.78, 5) is 35.1. The number of halogens is 1. The van der Waals surface area contributed by atoms with Gasteiger partial charge in [-0.2, -0.15) is 0 Å². The quantitative estimate of drug-likeness (QED) is 0.578. The monoisotopic (exact) mass is 416 g/mol. The number of benzene rings is 2. The molecule has 160 valence electrons. The summed E-state index contributed by atoms with van der Waals surface area (Å²) in [6.07, 6.45) is -0.386. The molecule has 0 saturated heterocycles. The van der Waals surface area contributed by atoms with E-state index in [1.165, 1.54) is 12.1 Å². The molecule has 2 amide bonds. The second-order valence-corrected chi connectivity index (χ2v) is 7.29. The lowest BCUT2D eigenvalue weighted by molar-refractivity contribution is -0.139. The highest BCUT2D eigenvalue weighted by atomic mass is 19.1. The van der Waals surface area contributed by atoms with E-state index in [0.717, 1.165) is 0 Å². The van der Waals surface area contributed by atoms with Gasteiger partial charge in [0, 0.05) is 5.69 Å². The van der Waals surface area contributed by atoms with Crippen molar-refractivity contribution in [3.8, 4) is 0 Å². The topological polar surface area (TPSA) is 105 Å². The van der Waals surface area contributed by atoms with Crippen molar-refractivity contribution in [1.82, 2.24) is 5.32 Å². The molecule has 0 aliphatic rings. The number of hydrogen-bond donors (Lipinski definition) is 3. The molecule has 0 spiro atoms. The van der Waals surface area contributed by atoms with Crippen LogP contribution in [-0.2, 0) is 27.4 Å². The van der Waals surface area contributed by atoms with Gasteiger partial charge in [-0.15, -0.1) is 0 Å². The molecule has 0 bridgehead atoms. The molecule has 2 aromatic rings. The van der Waals surface area contributed by atoms with Crippen molar-refractivity contribution >= 4 is 23.7 Å². The summed E-state index contributed by atoms with van der Waals surface area (Å²) in [6, 6.07) is 11.4. The molecule has 0 unspecified atom stereocenters. The maximum atomic E-state index is 12.9. The molecule has 0 saturated carbocycles. The molecule has 3 N–H and O–H groups in total. The van der Waals surface area contributed by atoms with Gasteiger partial charge in [0.25, 0.3) is 0 Å². The Kier molecular flexibility index (Phi) is 8.34. The van der Waals surface area contributed by atoms with Crippen LogP contribution >= 0.6 is 0 Å². The molecule has 0 aliphatic heterocycles. The number of rotatable bonds is 9. The van der Waals surface area contributed by atoms with Gasteiger partial charge in [0.1, 0.15) is 18.5 Å². The number of carboxylic acid groups (broad SMARTS) is 1. The minimum atomic E-state index is -1.11. The van der Waals surface area contributed by atoms with Crippen molar-refractivity contribution in [3.63, 3.8) is 0 Å². The predicted octanol–water partition coefficient (Wildman–Crippen LogP) is 3.73. The van der Waals surface area contributed by atoms with Crippen LogP contribution < -0.4 is 10.6 Å². The number of aliphatic carboxylic acids is 1. The van der Waals surface area contributed by atoms with Gasteiger partial charge in [-0.1, -0.05) is 38.1 Å². The summed E-state index contributed by atoms with van der Waals surface area (Å²) in [6.45, 7) is 3.69. The van der Waals surface area contributed by atoms with Gasteiger partial charge in [-0.25, -0.2) is 14.0 Å². The van der Waals surface area contributed by atoms with E-state index in [4.69, 9.17) is 9.84 Å². The van der Waals surface area contributed by atoms with Gasteiger partial charge in [-0.05, 0) is 47.7 Å². The first kappa shape index (κ1) is 22.9. The van der Waals surface area contributed by atoms with Crippen LogP contribution in [0.4, 0.5) is 14.9 Å². The number of alkyl carbamates (subject to hydrolysis) is 1. The summed E-state index contributed by atoms with van der Waals surface area (Å²) in [5.74, 6) is -1.60. The summed E-state index contributed by atoms with van der Waals surface area (Å²) < 4.78 is 18.0. The van der Waals surface area contributed by atoms with Crippen LogP contribution in [0.25, 0.3) is 0 Å². The minimum Gasteiger partial charge on any atom is -0.480 e. The van der Waals surface area contributed by atoms with Crippen LogP contribution in [0.2, 0.25) is 0 Å². The number of amides is 2. The molecule has 0 aromatic heterocycles. The molecule has 0 aliphatic carbocycles. The van der Waals surface area contributed by atoms with E-state index in [0.29, 0.717) is 23.2 Å². The summed E-state index contributed by atoms with van der Waals surface area (Å²) >= 11 is 0. The van der Waals surface area contributed by atoms with E-state index >= 15 is 0 Å². The Morgan fingerprint density at radius 3 is 2.17 bits per heavy atom. The highest BCUT2D eigenvalue weighted by Gasteiger charge is 2.21. The smallest absolute Gasteiger partial charge is 0.408 e. The average molecular weight is 416 g/mol. The van der Waals surface area contributed by atoms with Crippen molar-refractivity contribution in [3.05, 3.63) is 65.5 Å². The van der Waals surface area contributed by atoms with Crippen molar-refractivity contribution in [2.45, 2.75) is 39.3 Å². The van der Waals surface area contributed by atoms with E-state index in [2.05, 4.69) is 10.6 Å². The zero-order valence-electron chi connectivity index (χ0n) is 16.9. The minimum absolute atomic E-state index is 0.0380. The number of carbonyl (C=O) groups is 3. The van der Waals surface area contributed by atoms with Crippen LogP contribution in [0.1, 0.15) is 31.4 Å². The number of hydrogen-bond acceptors (Lipinski definition) is 4. The molecule has 1 atom stereocenters. The van der Waals surface area contributed by atoms with Crippen molar-refractivity contribution in [2.75, 3.05) is 5.32 Å². The molecule has 30 heavy (non-hydrogen) atoms. The molecule has 8 heteroatoms. The SMILES string of the molecule is CC(C)C[C@H](NC(=O)OCc1ccc(NC(=O)Cc2ccc(F)cc2)cc1)C(=O)O. The zero-order valence-corrected chi connectivity index (χ0v) is 16.9. The lowest BCUT2D eigenvalue weighted by Gasteiger charge is -2.16. The standard InChI is InChI=1S/C22H25FN2O5/c1-14(2)11-19(21(27)28)25-22(29)30-13-16-5-9-18(10-6-16)24-20(26)12-15-3-7-17(23)8-4-15/h3-10,14,19H,11-13H2,1-2H3,(H,24,26)(H,25,29)(H,27,28)/t19-/m0/s1.